The average Bonchev–Trinajstić information content (AvgIpc) is 2.67. The Balaban J connectivity index is 0.00000338. The summed E-state index contributed by atoms with van der Waals surface area (Å²) < 4.78 is 5.30. The smallest absolute Gasteiger partial charge is 0.253 e. The van der Waals surface area contributed by atoms with Crippen molar-refractivity contribution < 1.29 is 14.3 Å². The van der Waals surface area contributed by atoms with Crippen LogP contribution in [-0.2, 0) is 16.1 Å². The van der Waals surface area contributed by atoms with E-state index < -0.39 is 6.04 Å². The lowest BCUT2D eigenvalue weighted by atomic mass is 9.92. The second-order valence-corrected chi connectivity index (χ2v) is 6.37. The van der Waals surface area contributed by atoms with Gasteiger partial charge in [-0.05, 0) is 50.3 Å². The molecule has 0 radical (unpaired) electrons. The van der Waals surface area contributed by atoms with Gasteiger partial charge in [0, 0.05) is 38.4 Å². The Morgan fingerprint density at radius 3 is 2.31 bits per heavy atom. The first-order valence-corrected chi connectivity index (χ1v) is 9.06. The minimum atomic E-state index is -0.493. The standard InChI is InChI=1S/C19H29N3O3.ClH/c1-3-22(4-2)19(24)16-7-5-14(6-8-16)13-21-18(23)17(20)15-9-11-25-12-10-15;/h5-8,15,17H,3-4,9-13,20H2,1-2H3,(H,21,23);1H. The zero-order valence-electron chi connectivity index (χ0n) is 15.6. The number of nitrogens with zero attached hydrogens (tertiary/aromatic N) is 1. The van der Waals surface area contributed by atoms with E-state index in [0.717, 1.165) is 18.4 Å². The number of carbonyl (C=O) groups is 2. The van der Waals surface area contributed by atoms with Crippen LogP contribution in [0.15, 0.2) is 24.3 Å². The number of nitrogens with one attached hydrogen (secondary N) is 1. The van der Waals surface area contributed by atoms with Crippen LogP contribution in [-0.4, -0.2) is 49.1 Å². The van der Waals surface area contributed by atoms with E-state index >= 15 is 0 Å². The third-order valence-electron chi connectivity index (χ3n) is 4.79. The molecule has 1 aliphatic heterocycles. The first kappa shape index (κ1) is 22.4. The lowest BCUT2D eigenvalue weighted by Gasteiger charge is -2.26. The number of rotatable bonds is 7. The van der Waals surface area contributed by atoms with Crippen molar-refractivity contribution >= 4 is 24.2 Å². The van der Waals surface area contributed by atoms with Crippen molar-refractivity contribution in [2.45, 2.75) is 39.3 Å². The van der Waals surface area contributed by atoms with E-state index in [1.165, 1.54) is 0 Å². The molecule has 0 bridgehead atoms. The Labute approximate surface area is 161 Å². The second-order valence-electron chi connectivity index (χ2n) is 6.37. The zero-order chi connectivity index (χ0) is 18.2. The van der Waals surface area contributed by atoms with E-state index in [9.17, 15) is 9.59 Å². The average molecular weight is 384 g/mol. The van der Waals surface area contributed by atoms with Crippen LogP contribution in [0.25, 0.3) is 0 Å². The highest BCUT2D eigenvalue weighted by atomic mass is 35.5. The van der Waals surface area contributed by atoms with Crippen molar-refractivity contribution in [3.63, 3.8) is 0 Å². The number of carbonyl (C=O) groups excluding carboxylic acids is 2. The summed E-state index contributed by atoms with van der Waals surface area (Å²) in [7, 11) is 0. The molecule has 1 unspecified atom stereocenters. The molecule has 6 nitrogen and oxygen atoms in total. The summed E-state index contributed by atoms with van der Waals surface area (Å²) in [4.78, 5) is 26.3. The van der Waals surface area contributed by atoms with E-state index in [1.54, 1.807) is 17.0 Å². The molecule has 0 aromatic heterocycles. The van der Waals surface area contributed by atoms with Gasteiger partial charge >= 0.3 is 0 Å². The highest BCUT2D eigenvalue weighted by molar-refractivity contribution is 5.94. The molecule has 1 aliphatic rings. The van der Waals surface area contributed by atoms with Crippen LogP contribution in [0.3, 0.4) is 0 Å². The van der Waals surface area contributed by atoms with Crippen LogP contribution in [0.1, 0.15) is 42.6 Å². The largest absolute Gasteiger partial charge is 0.381 e. The van der Waals surface area contributed by atoms with Gasteiger partial charge in [0.15, 0.2) is 0 Å². The Kier molecular flexibility index (Phi) is 9.62. The lowest BCUT2D eigenvalue weighted by Crippen LogP contribution is -2.46. The minimum Gasteiger partial charge on any atom is -0.381 e. The van der Waals surface area contributed by atoms with Gasteiger partial charge in [0.1, 0.15) is 0 Å². The number of hydrogen-bond acceptors (Lipinski definition) is 4. The molecule has 0 spiro atoms. The molecule has 26 heavy (non-hydrogen) atoms. The Bertz CT molecular complexity index is 570. The highest BCUT2D eigenvalue weighted by Crippen LogP contribution is 2.17. The number of benzene rings is 1. The fourth-order valence-corrected chi connectivity index (χ4v) is 3.05. The summed E-state index contributed by atoms with van der Waals surface area (Å²) in [6, 6.07) is 6.86. The van der Waals surface area contributed by atoms with Gasteiger partial charge in [0.2, 0.25) is 5.91 Å². The number of halogens is 1. The van der Waals surface area contributed by atoms with Crippen molar-refractivity contribution in [1.29, 1.82) is 0 Å². The molecule has 2 rings (SSSR count). The van der Waals surface area contributed by atoms with Gasteiger partial charge < -0.3 is 20.7 Å². The third kappa shape index (κ3) is 5.97. The third-order valence-corrected chi connectivity index (χ3v) is 4.79. The Morgan fingerprint density at radius 2 is 1.77 bits per heavy atom. The first-order valence-electron chi connectivity index (χ1n) is 9.06. The van der Waals surface area contributed by atoms with Gasteiger partial charge in [0.25, 0.3) is 5.91 Å². The SMILES string of the molecule is CCN(CC)C(=O)c1ccc(CNC(=O)C(N)C2CCOCC2)cc1.Cl. The van der Waals surface area contributed by atoms with Gasteiger partial charge in [-0.15, -0.1) is 12.4 Å². The molecule has 2 amide bonds. The number of ether oxygens (including phenoxy) is 1. The van der Waals surface area contributed by atoms with Crippen molar-refractivity contribution in [3.05, 3.63) is 35.4 Å². The van der Waals surface area contributed by atoms with Crippen LogP contribution in [0.2, 0.25) is 0 Å². The van der Waals surface area contributed by atoms with Crippen LogP contribution >= 0.6 is 12.4 Å². The van der Waals surface area contributed by atoms with Crippen molar-refractivity contribution in [3.8, 4) is 0 Å². The number of nitrogens with two attached hydrogens (primary N) is 1. The molecule has 7 heteroatoms. The maximum absolute atomic E-state index is 12.3. The molecule has 3 N–H and O–H groups in total. The van der Waals surface area contributed by atoms with Gasteiger partial charge in [-0.2, -0.15) is 0 Å². The summed E-state index contributed by atoms with van der Waals surface area (Å²) in [5.41, 5.74) is 7.68. The number of amides is 2. The van der Waals surface area contributed by atoms with Crippen molar-refractivity contribution in [1.82, 2.24) is 10.2 Å². The first-order chi connectivity index (χ1) is 12.1. The molecule has 0 saturated carbocycles. The molecule has 146 valence electrons. The van der Waals surface area contributed by atoms with Crippen molar-refractivity contribution in [2.24, 2.45) is 11.7 Å². The molecular weight excluding hydrogens is 354 g/mol. The minimum absolute atomic E-state index is 0. The maximum Gasteiger partial charge on any atom is 0.253 e. The van der Waals surface area contributed by atoms with E-state index in [1.807, 2.05) is 26.0 Å². The summed E-state index contributed by atoms with van der Waals surface area (Å²) in [6.45, 7) is 7.07. The summed E-state index contributed by atoms with van der Waals surface area (Å²) in [5.74, 6) is 0.0835. The zero-order valence-corrected chi connectivity index (χ0v) is 16.4. The molecule has 1 fully saturated rings. The maximum atomic E-state index is 12.3. The monoisotopic (exact) mass is 383 g/mol. The van der Waals surface area contributed by atoms with Gasteiger partial charge in [0.05, 0.1) is 6.04 Å². The Morgan fingerprint density at radius 1 is 1.19 bits per heavy atom. The molecule has 0 aliphatic carbocycles. The normalized spacial score (nSPS) is 15.7. The van der Waals surface area contributed by atoms with E-state index in [0.29, 0.717) is 38.4 Å². The quantitative estimate of drug-likeness (QED) is 0.753. The molecule has 1 aromatic rings. The van der Waals surface area contributed by atoms with Gasteiger partial charge in [-0.1, -0.05) is 12.1 Å². The van der Waals surface area contributed by atoms with Crippen LogP contribution in [0, 0.1) is 5.92 Å². The topological polar surface area (TPSA) is 84.7 Å². The van der Waals surface area contributed by atoms with Crippen LogP contribution < -0.4 is 11.1 Å². The molecule has 1 atom stereocenters. The summed E-state index contributed by atoms with van der Waals surface area (Å²) >= 11 is 0. The van der Waals surface area contributed by atoms with Crippen LogP contribution in [0.4, 0.5) is 0 Å². The predicted octanol–water partition coefficient (Wildman–Crippen LogP) is 1.96. The van der Waals surface area contributed by atoms with Gasteiger partial charge in [-0.25, -0.2) is 0 Å². The van der Waals surface area contributed by atoms with E-state index in [4.69, 9.17) is 10.5 Å². The van der Waals surface area contributed by atoms with E-state index in [2.05, 4.69) is 5.32 Å². The molecule has 1 heterocycles. The van der Waals surface area contributed by atoms with Crippen molar-refractivity contribution in [2.75, 3.05) is 26.3 Å². The van der Waals surface area contributed by atoms with Gasteiger partial charge in [-0.3, -0.25) is 9.59 Å². The van der Waals surface area contributed by atoms with Crippen LogP contribution in [0.5, 0.6) is 0 Å². The summed E-state index contributed by atoms with van der Waals surface area (Å²) in [5, 5.41) is 2.89. The Hall–Kier alpha value is -1.63. The fourth-order valence-electron chi connectivity index (χ4n) is 3.05. The van der Waals surface area contributed by atoms with E-state index in [-0.39, 0.29) is 30.1 Å². The summed E-state index contributed by atoms with van der Waals surface area (Å²) in [6.07, 6.45) is 1.66. The lowest BCUT2D eigenvalue weighted by molar-refractivity contribution is -0.124. The number of hydrogen-bond donors (Lipinski definition) is 2. The molecule has 1 aromatic carbocycles. The fraction of sp³-hybridized carbons (Fsp3) is 0.579. The molecule has 1 saturated heterocycles. The highest BCUT2D eigenvalue weighted by Gasteiger charge is 2.26. The second kappa shape index (κ2) is 11.2. The predicted molar refractivity (Wildman–Crippen MR) is 104 cm³/mol. The molecular formula is C19H30ClN3O3.